The van der Waals surface area contributed by atoms with Gasteiger partial charge in [-0.25, -0.2) is 0 Å². The number of likely N-dealkylation sites (N-methyl/N-ethyl adjacent to an activating group) is 1. The summed E-state index contributed by atoms with van der Waals surface area (Å²) in [6.45, 7) is 2.81. The summed E-state index contributed by atoms with van der Waals surface area (Å²) >= 11 is 0. The number of methoxy groups -OCH3 is 1. The van der Waals surface area contributed by atoms with Crippen LogP contribution < -0.4 is 10.1 Å². The van der Waals surface area contributed by atoms with Crippen LogP contribution in [0.4, 0.5) is 0 Å². The standard InChI is InChI=1S/C14H18N4O2/c1-18-7-6-15-9-12(18)13-16-14(20-17-13)10-4-3-5-11(8-10)19-2/h3-5,8,12,15H,6-7,9H2,1-2H3. The Morgan fingerprint density at radius 1 is 1.45 bits per heavy atom. The number of hydrogen-bond acceptors (Lipinski definition) is 6. The first-order chi connectivity index (χ1) is 9.78. The van der Waals surface area contributed by atoms with Gasteiger partial charge in [0.05, 0.1) is 13.2 Å². The van der Waals surface area contributed by atoms with Gasteiger partial charge < -0.3 is 14.6 Å². The lowest BCUT2D eigenvalue weighted by atomic mass is 10.2. The molecule has 0 radical (unpaired) electrons. The van der Waals surface area contributed by atoms with Crippen LogP contribution in [0.5, 0.6) is 5.75 Å². The largest absolute Gasteiger partial charge is 0.497 e. The Kier molecular flexibility index (Phi) is 3.66. The molecule has 1 fully saturated rings. The summed E-state index contributed by atoms with van der Waals surface area (Å²) in [4.78, 5) is 6.75. The molecule has 1 N–H and O–H groups in total. The minimum absolute atomic E-state index is 0.159. The lowest BCUT2D eigenvalue weighted by Gasteiger charge is -2.30. The molecule has 1 unspecified atom stereocenters. The van der Waals surface area contributed by atoms with Gasteiger partial charge in [-0.1, -0.05) is 11.2 Å². The molecule has 0 aliphatic carbocycles. The minimum Gasteiger partial charge on any atom is -0.497 e. The van der Waals surface area contributed by atoms with E-state index in [0.29, 0.717) is 5.89 Å². The van der Waals surface area contributed by atoms with Crippen molar-refractivity contribution in [3.63, 3.8) is 0 Å². The van der Waals surface area contributed by atoms with Gasteiger partial charge in [-0.05, 0) is 25.2 Å². The number of hydrogen-bond donors (Lipinski definition) is 1. The van der Waals surface area contributed by atoms with Gasteiger partial charge in [-0.15, -0.1) is 0 Å². The average molecular weight is 274 g/mol. The molecule has 1 atom stereocenters. The van der Waals surface area contributed by atoms with Crippen molar-refractivity contribution in [2.24, 2.45) is 0 Å². The van der Waals surface area contributed by atoms with Gasteiger partial charge in [-0.3, -0.25) is 4.90 Å². The van der Waals surface area contributed by atoms with E-state index >= 15 is 0 Å². The SMILES string of the molecule is COc1cccc(-c2nc(C3CNCCN3C)no2)c1. The quantitative estimate of drug-likeness (QED) is 0.911. The highest BCUT2D eigenvalue weighted by atomic mass is 16.5. The molecule has 2 aromatic rings. The van der Waals surface area contributed by atoms with Crippen LogP contribution in [0.3, 0.4) is 0 Å². The summed E-state index contributed by atoms with van der Waals surface area (Å²) < 4.78 is 10.6. The Labute approximate surface area is 117 Å². The smallest absolute Gasteiger partial charge is 0.258 e. The summed E-state index contributed by atoms with van der Waals surface area (Å²) in [5.41, 5.74) is 0.870. The Morgan fingerprint density at radius 2 is 2.35 bits per heavy atom. The van der Waals surface area contributed by atoms with Crippen LogP contribution in [0.2, 0.25) is 0 Å². The number of benzene rings is 1. The lowest BCUT2D eigenvalue weighted by molar-refractivity contribution is 0.190. The van der Waals surface area contributed by atoms with Crippen LogP contribution in [0.1, 0.15) is 11.9 Å². The molecule has 0 amide bonds. The number of nitrogens with zero attached hydrogens (tertiary/aromatic N) is 3. The molecule has 2 heterocycles. The molecule has 1 aliphatic heterocycles. The second-order valence-electron chi connectivity index (χ2n) is 4.89. The van der Waals surface area contributed by atoms with E-state index in [4.69, 9.17) is 9.26 Å². The second kappa shape index (κ2) is 5.60. The van der Waals surface area contributed by atoms with Crippen molar-refractivity contribution < 1.29 is 9.26 Å². The Hall–Kier alpha value is -1.92. The molecule has 1 aromatic carbocycles. The van der Waals surface area contributed by atoms with E-state index in [1.807, 2.05) is 24.3 Å². The maximum absolute atomic E-state index is 5.38. The normalized spacial score (nSPS) is 20.0. The summed E-state index contributed by atoms with van der Waals surface area (Å²) in [6, 6.07) is 7.78. The van der Waals surface area contributed by atoms with E-state index in [1.54, 1.807) is 7.11 Å². The van der Waals surface area contributed by atoms with Crippen molar-refractivity contribution in [1.29, 1.82) is 0 Å². The molecule has 0 saturated carbocycles. The molecular weight excluding hydrogens is 256 g/mol. The van der Waals surface area contributed by atoms with E-state index in [2.05, 4.69) is 27.4 Å². The molecule has 6 heteroatoms. The van der Waals surface area contributed by atoms with E-state index in [1.165, 1.54) is 0 Å². The molecule has 106 valence electrons. The van der Waals surface area contributed by atoms with Gasteiger partial charge in [0.15, 0.2) is 5.82 Å². The monoisotopic (exact) mass is 274 g/mol. The average Bonchev–Trinajstić information content (AvgIpc) is 2.97. The minimum atomic E-state index is 0.159. The van der Waals surface area contributed by atoms with Crippen LogP contribution in [0.25, 0.3) is 11.5 Å². The molecule has 6 nitrogen and oxygen atoms in total. The number of aromatic nitrogens is 2. The first-order valence-electron chi connectivity index (χ1n) is 6.67. The molecular formula is C14H18N4O2. The number of ether oxygens (including phenoxy) is 1. The zero-order chi connectivity index (χ0) is 13.9. The zero-order valence-corrected chi connectivity index (χ0v) is 11.7. The molecule has 1 aliphatic rings. The van der Waals surface area contributed by atoms with E-state index < -0.39 is 0 Å². The molecule has 20 heavy (non-hydrogen) atoms. The first kappa shape index (κ1) is 13.1. The van der Waals surface area contributed by atoms with Crippen molar-refractivity contribution in [3.8, 4) is 17.2 Å². The fourth-order valence-corrected chi connectivity index (χ4v) is 2.34. The highest BCUT2D eigenvalue weighted by Gasteiger charge is 2.25. The van der Waals surface area contributed by atoms with E-state index in [-0.39, 0.29) is 6.04 Å². The van der Waals surface area contributed by atoms with Gasteiger partial charge >= 0.3 is 0 Å². The molecule has 1 aromatic heterocycles. The van der Waals surface area contributed by atoms with Gasteiger partial charge in [-0.2, -0.15) is 4.98 Å². The van der Waals surface area contributed by atoms with Crippen molar-refractivity contribution in [2.45, 2.75) is 6.04 Å². The predicted octanol–water partition coefficient (Wildman–Crippen LogP) is 1.32. The van der Waals surface area contributed by atoms with E-state index in [9.17, 15) is 0 Å². The molecule has 1 saturated heterocycles. The highest BCUT2D eigenvalue weighted by molar-refractivity contribution is 5.55. The topological polar surface area (TPSA) is 63.4 Å². The highest BCUT2D eigenvalue weighted by Crippen LogP contribution is 2.25. The van der Waals surface area contributed by atoms with Crippen LogP contribution in [-0.4, -0.2) is 48.8 Å². The van der Waals surface area contributed by atoms with Crippen LogP contribution in [0, 0.1) is 0 Å². The number of rotatable bonds is 3. The maximum Gasteiger partial charge on any atom is 0.258 e. The zero-order valence-electron chi connectivity index (χ0n) is 11.7. The number of piperazine rings is 1. The Bertz CT molecular complexity index is 584. The van der Waals surface area contributed by atoms with Crippen molar-refractivity contribution >= 4 is 0 Å². The van der Waals surface area contributed by atoms with Gasteiger partial charge in [0, 0.05) is 25.2 Å². The van der Waals surface area contributed by atoms with Crippen molar-refractivity contribution in [1.82, 2.24) is 20.4 Å². The Morgan fingerprint density at radius 3 is 3.15 bits per heavy atom. The Balaban J connectivity index is 1.85. The fraction of sp³-hybridized carbons (Fsp3) is 0.429. The number of nitrogens with one attached hydrogen (secondary N) is 1. The van der Waals surface area contributed by atoms with E-state index in [0.717, 1.165) is 36.8 Å². The predicted molar refractivity (Wildman–Crippen MR) is 74.5 cm³/mol. The summed E-state index contributed by atoms with van der Waals surface area (Å²) in [7, 11) is 3.72. The maximum atomic E-state index is 5.38. The lowest BCUT2D eigenvalue weighted by Crippen LogP contribution is -2.44. The van der Waals surface area contributed by atoms with Gasteiger partial charge in [0.25, 0.3) is 5.89 Å². The van der Waals surface area contributed by atoms with Crippen LogP contribution >= 0.6 is 0 Å². The van der Waals surface area contributed by atoms with Crippen molar-refractivity contribution in [3.05, 3.63) is 30.1 Å². The third-order valence-corrected chi connectivity index (χ3v) is 3.57. The summed E-state index contributed by atoms with van der Waals surface area (Å²) in [5, 5.41) is 7.46. The molecule has 3 rings (SSSR count). The molecule has 0 spiro atoms. The summed E-state index contributed by atoms with van der Waals surface area (Å²) in [6.07, 6.45) is 0. The second-order valence-corrected chi connectivity index (χ2v) is 4.89. The van der Waals surface area contributed by atoms with Crippen LogP contribution in [0.15, 0.2) is 28.8 Å². The van der Waals surface area contributed by atoms with Crippen molar-refractivity contribution in [2.75, 3.05) is 33.8 Å². The van der Waals surface area contributed by atoms with Gasteiger partial charge in [0.2, 0.25) is 0 Å². The first-order valence-corrected chi connectivity index (χ1v) is 6.67. The third-order valence-electron chi connectivity index (χ3n) is 3.57. The van der Waals surface area contributed by atoms with Crippen LogP contribution in [-0.2, 0) is 0 Å². The van der Waals surface area contributed by atoms with Gasteiger partial charge in [0.1, 0.15) is 5.75 Å². The molecule has 0 bridgehead atoms. The summed E-state index contributed by atoms with van der Waals surface area (Å²) in [5.74, 6) is 2.02. The fourth-order valence-electron chi connectivity index (χ4n) is 2.34. The third kappa shape index (κ3) is 2.52.